The van der Waals surface area contributed by atoms with E-state index in [1.54, 1.807) is 11.8 Å². The molecule has 20 heavy (non-hydrogen) atoms. The first-order valence-electron chi connectivity index (χ1n) is 6.87. The molecule has 4 nitrogen and oxygen atoms in total. The Morgan fingerprint density at radius 1 is 1.35 bits per heavy atom. The van der Waals surface area contributed by atoms with Gasteiger partial charge < -0.3 is 10.2 Å². The molecule has 2 rings (SSSR count). The van der Waals surface area contributed by atoms with E-state index < -0.39 is 0 Å². The highest BCUT2D eigenvalue weighted by atomic mass is 32.2. The molecule has 1 aromatic heterocycles. The van der Waals surface area contributed by atoms with Gasteiger partial charge in [-0.3, -0.25) is 0 Å². The highest BCUT2D eigenvalue weighted by Gasteiger charge is 2.19. The molecule has 5 heteroatoms. The number of benzene rings is 1. The summed E-state index contributed by atoms with van der Waals surface area (Å²) in [5, 5.41) is 8.69. The van der Waals surface area contributed by atoms with Crippen LogP contribution in [0.2, 0.25) is 0 Å². The Balaban J connectivity index is 1.96. The molecule has 1 aromatic carbocycles. The Morgan fingerprint density at radius 3 is 2.85 bits per heavy atom. The zero-order valence-electron chi connectivity index (χ0n) is 12.2. The lowest BCUT2D eigenvalue weighted by molar-refractivity contribution is 0.333. The molecule has 0 saturated heterocycles. The molecule has 2 aromatic rings. The first kappa shape index (κ1) is 15.1. The molecule has 108 valence electrons. The minimum Gasteiger partial charge on any atom is -0.414 e. The molecule has 0 unspecified atom stereocenters. The van der Waals surface area contributed by atoms with Gasteiger partial charge >= 0.3 is 0 Å². The van der Waals surface area contributed by atoms with E-state index in [1.807, 2.05) is 0 Å². The molecule has 0 amide bonds. The molecule has 0 bridgehead atoms. The van der Waals surface area contributed by atoms with Crippen molar-refractivity contribution in [3.63, 3.8) is 0 Å². The number of rotatable bonds is 6. The molecule has 1 heterocycles. The van der Waals surface area contributed by atoms with Gasteiger partial charge in [0, 0.05) is 5.75 Å². The zero-order chi connectivity index (χ0) is 14.5. The maximum atomic E-state index is 6.08. The number of hydrogen-bond acceptors (Lipinski definition) is 5. The summed E-state index contributed by atoms with van der Waals surface area (Å²) in [7, 11) is 0. The van der Waals surface area contributed by atoms with Crippen molar-refractivity contribution in [1.82, 2.24) is 10.2 Å². The van der Waals surface area contributed by atoms with E-state index in [9.17, 15) is 0 Å². The maximum absolute atomic E-state index is 6.08. The van der Waals surface area contributed by atoms with Crippen LogP contribution >= 0.6 is 11.8 Å². The van der Waals surface area contributed by atoms with Crippen LogP contribution in [-0.2, 0) is 5.75 Å². The normalized spacial score (nSPS) is 14.2. The number of nitrogens with two attached hydrogens (primary N) is 1. The second kappa shape index (κ2) is 6.90. The van der Waals surface area contributed by atoms with Crippen molar-refractivity contribution in [1.29, 1.82) is 0 Å². The van der Waals surface area contributed by atoms with Crippen LogP contribution in [0.25, 0.3) is 0 Å². The number of thioether (sulfide) groups is 1. The summed E-state index contributed by atoms with van der Waals surface area (Å²) >= 11 is 1.54. The number of aryl methyl sites for hydroxylation is 1. The average Bonchev–Trinajstić information content (AvgIpc) is 2.92. The highest BCUT2D eigenvalue weighted by Crippen LogP contribution is 2.26. The summed E-state index contributed by atoms with van der Waals surface area (Å²) in [6, 6.07) is 8.23. The summed E-state index contributed by atoms with van der Waals surface area (Å²) in [5.41, 5.74) is 8.59. The molecule has 0 saturated carbocycles. The van der Waals surface area contributed by atoms with Gasteiger partial charge in [-0.05, 0) is 18.4 Å². The number of hydrogen-bond donors (Lipinski definition) is 1. The van der Waals surface area contributed by atoms with Gasteiger partial charge in [-0.25, -0.2) is 0 Å². The quantitative estimate of drug-likeness (QED) is 0.822. The summed E-state index contributed by atoms with van der Waals surface area (Å²) in [6.45, 7) is 6.28. The lowest BCUT2D eigenvalue weighted by Gasteiger charge is -2.13. The van der Waals surface area contributed by atoms with E-state index in [0.29, 0.717) is 17.0 Å². The van der Waals surface area contributed by atoms with Crippen molar-refractivity contribution in [3.05, 3.63) is 41.3 Å². The number of aromatic nitrogens is 2. The smallest absolute Gasteiger partial charge is 0.276 e. The van der Waals surface area contributed by atoms with Crippen LogP contribution in [0.4, 0.5) is 0 Å². The van der Waals surface area contributed by atoms with Gasteiger partial charge in [0.15, 0.2) is 0 Å². The van der Waals surface area contributed by atoms with E-state index in [-0.39, 0.29) is 6.04 Å². The molecular formula is C15H21N3OS. The first-order chi connectivity index (χ1) is 9.60. The van der Waals surface area contributed by atoms with Crippen LogP contribution in [0, 0.1) is 12.8 Å². The Morgan fingerprint density at radius 2 is 2.15 bits per heavy atom. The topological polar surface area (TPSA) is 64.9 Å². The molecule has 2 atom stereocenters. The lowest BCUT2D eigenvalue weighted by atomic mass is 10.0. The molecule has 0 aliphatic carbocycles. The fourth-order valence-corrected chi connectivity index (χ4v) is 2.57. The summed E-state index contributed by atoms with van der Waals surface area (Å²) < 4.78 is 5.64. The van der Waals surface area contributed by atoms with E-state index in [2.05, 4.69) is 55.2 Å². The summed E-state index contributed by atoms with van der Waals surface area (Å²) in [4.78, 5) is 0. The van der Waals surface area contributed by atoms with Gasteiger partial charge in [-0.2, -0.15) is 0 Å². The van der Waals surface area contributed by atoms with Gasteiger partial charge in [0.05, 0.1) is 6.04 Å². The van der Waals surface area contributed by atoms with Crippen LogP contribution in [0.3, 0.4) is 0 Å². The fraction of sp³-hybridized carbons (Fsp3) is 0.467. The van der Waals surface area contributed by atoms with E-state index in [1.165, 1.54) is 11.1 Å². The second-order valence-corrected chi connectivity index (χ2v) is 6.02. The van der Waals surface area contributed by atoms with Gasteiger partial charge in [-0.1, -0.05) is 61.9 Å². The van der Waals surface area contributed by atoms with Crippen LogP contribution in [0.5, 0.6) is 0 Å². The van der Waals surface area contributed by atoms with Crippen molar-refractivity contribution in [3.8, 4) is 0 Å². The molecule has 0 aliphatic heterocycles. The van der Waals surface area contributed by atoms with E-state index >= 15 is 0 Å². The van der Waals surface area contributed by atoms with Crippen LogP contribution in [0.15, 0.2) is 33.9 Å². The Hall–Kier alpha value is -1.33. The van der Waals surface area contributed by atoms with Gasteiger partial charge in [-0.15, -0.1) is 10.2 Å². The van der Waals surface area contributed by atoms with Crippen LogP contribution in [0.1, 0.15) is 43.3 Å². The van der Waals surface area contributed by atoms with E-state index in [4.69, 9.17) is 10.2 Å². The monoisotopic (exact) mass is 291 g/mol. The van der Waals surface area contributed by atoms with Crippen molar-refractivity contribution in [2.24, 2.45) is 11.7 Å². The first-order valence-corrected chi connectivity index (χ1v) is 7.86. The minimum atomic E-state index is -0.180. The molecule has 0 spiro atoms. The predicted octanol–water partition coefficient (Wildman–Crippen LogP) is 3.72. The molecular weight excluding hydrogens is 270 g/mol. The number of nitrogens with zero attached hydrogens (tertiary/aromatic N) is 2. The molecule has 0 radical (unpaired) electrons. The Kier molecular flexibility index (Phi) is 5.20. The summed E-state index contributed by atoms with van der Waals surface area (Å²) in [6.07, 6.45) is 0.995. The Bertz CT molecular complexity index is 556. The Labute approximate surface area is 124 Å². The lowest BCUT2D eigenvalue weighted by Crippen LogP contribution is -2.18. The average molecular weight is 291 g/mol. The zero-order valence-corrected chi connectivity index (χ0v) is 13.0. The van der Waals surface area contributed by atoms with Crippen molar-refractivity contribution >= 4 is 11.8 Å². The van der Waals surface area contributed by atoms with Crippen LogP contribution in [-0.4, -0.2) is 10.2 Å². The van der Waals surface area contributed by atoms with Crippen LogP contribution < -0.4 is 5.73 Å². The highest BCUT2D eigenvalue weighted by molar-refractivity contribution is 7.98. The molecule has 0 aliphatic rings. The van der Waals surface area contributed by atoms with E-state index in [0.717, 1.165) is 12.2 Å². The van der Waals surface area contributed by atoms with Gasteiger partial charge in [0.2, 0.25) is 5.89 Å². The second-order valence-electron chi connectivity index (χ2n) is 5.10. The molecule has 2 N–H and O–H groups in total. The van der Waals surface area contributed by atoms with Crippen molar-refractivity contribution in [2.45, 2.75) is 44.2 Å². The maximum Gasteiger partial charge on any atom is 0.276 e. The fourth-order valence-electron chi connectivity index (χ4n) is 1.86. The van der Waals surface area contributed by atoms with Crippen molar-refractivity contribution < 1.29 is 4.42 Å². The molecule has 0 fully saturated rings. The largest absolute Gasteiger partial charge is 0.414 e. The minimum absolute atomic E-state index is 0.180. The predicted molar refractivity (Wildman–Crippen MR) is 81.4 cm³/mol. The third kappa shape index (κ3) is 3.84. The SMILES string of the molecule is CC[C@H](C)[C@H](N)c1nnc(SCc2cccc(C)c2)o1. The standard InChI is InChI=1S/C15H21N3OS/c1-4-11(3)13(16)14-17-18-15(19-14)20-9-12-7-5-6-10(2)8-12/h5-8,11,13H,4,9,16H2,1-3H3/t11-,13-/m0/s1. The summed E-state index contributed by atoms with van der Waals surface area (Å²) in [5.74, 6) is 1.69. The third-order valence-corrected chi connectivity index (χ3v) is 4.30. The van der Waals surface area contributed by atoms with Gasteiger partial charge in [0.25, 0.3) is 5.22 Å². The van der Waals surface area contributed by atoms with Gasteiger partial charge in [0.1, 0.15) is 0 Å². The van der Waals surface area contributed by atoms with Crippen molar-refractivity contribution in [2.75, 3.05) is 0 Å². The third-order valence-electron chi connectivity index (χ3n) is 3.41.